The molecule has 0 atom stereocenters. The molecule has 7 heteroatoms. The molecule has 1 aliphatic rings. The highest BCUT2D eigenvalue weighted by atomic mass is 35.5. The Labute approximate surface area is 145 Å². The van der Waals surface area contributed by atoms with Gasteiger partial charge in [-0.25, -0.2) is 4.68 Å². The van der Waals surface area contributed by atoms with Crippen molar-refractivity contribution in [3.8, 4) is 5.69 Å². The molecule has 1 heterocycles. The molecule has 0 saturated carbocycles. The number of fused-ring (bicyclic) bond motifs is 1. The van der Waals surface area contributed by atoms with Crippen molar-refractivity contribution in [3.63, 3.8) is 0 Å². The molecule has 1 aromatic carbocycles. The number of amides is 2. The Morgan fingerprint density at radius 3 is 2.50 bits per heavy atom. The van der Waals surface area contributed by atoms with E-state index < -0.39 is 5.91 Å². The second-order valence-electron chi connectivity index (χ2n) is 5.86. The molecule has 1 aromatic heterocycles. The van der Waals surface area contributed by atoms with E-state index in [-0.39, 0.29) is 5.91 Å². The van der Waals surface area contributed by atoms with Gasteiger partial charge in [-0.3, -0.25) is 20.4 Å². The second kappa shape index (κ2) is 7.05. The third-order valence-electron chi connectivity index (χ3n) is 4.07. The zero-order valence-electron chi connectivity index (χ0n) is 13.4. The number of hydrazine groups is 1. The van der Waals surface area contributed by atoms with Gasteiger partial charge >= 0.3 is 0 Å². The maximum Gasteiger partial charge on any atom is 0.290 e. The lowest BCUT2D eigenvalue weighted by molar-refractivity contribution is -0.119. The molecule has 24 heavy (non-hydrogen) atoms. The van der Waals surface area contributed by atoms with E-state index in [9.17, 15) is 9.59 Å². The topological polar surface area (TPSA) is 76.0 Å². The Balaban J connectivity index is 2.01. The van der Waals surface area contributed by atoms with Crippen LogP contribution in [0.3, 0.4) is 0 Å². The van der Waals surface area contributed by atoms with Crippen LogP contribution in [0, 0.1) is 0 Å². The number of nitrogens with zero attached hydrogens (tertiary/aromatic N) is 2. The van der Waals surface area contributed by atoms with E-state index in [0.29, 0.717) is 10.7 Å². The number of benzene rings is 1. The third-order valence-corrected chi connectivity index (χ3v) is 4.32. The van der Waals surface area contributed by atoms with Crippen LogP contribution < -0.4 is 10.9 Å². The summed E-state index contributed by atoms with van der Waals surface area (Å²) in [6, 6.07) is 7.38. The van der Waals surface area contributed by atoms with Crippen LogP contribution in [-0.2, 0) is 17.6 Å². The van der Waals surface area contributed by atoms with Crippen molar-refractivity contribution < 1.29 is 9.59 Å². The van der Waals surface area contributed by atoms with Gasteiger partial charge in [0, 0.05) is 23.2 Å². The van der Waals surface area contributed by atoms with Crippen LogP contribution in [0.4, 0.5) is 0 Å². The number of carbonyl (C=O) groups is 2. The fourth-order valence-corrected chi connectivity index (χ4v) is 3.08. The van der Waals surface area contributed by atoms with Crippen molar-refractivity contribution in [1.82, 2.24) is 20.6 Å². The third kappa shape index (κ3) is 3.43. The summed E-state index contributed by atoms with van der Waals surface area (Å²) in [5.41, 5.74) is 7.99. The van der Waals surface area contributed by atoms with E-state index in [4.69, 9.17) is 11.6 Å². The second-order valence-corrected chi connectivity index (χ2v) is 6.29. The number of rotatable bonds is 2. The molecule has 0 bridgehead atoms. The molecule has 0 fully saturated rings. The van der Waals surface area contributed by atoms with Gasteiger partial charge in [0.25, 0.3) is 5.91 Å². The quantitative estimate of drug-likeness (QED) is 0.648. The van der Waals surface area contributed by atoms with Gasteiger partial charge in [0.15, 0.2) is 5.69 Å². The minimum atomic E-state index is -0.393. The van der Waals surface area contributed by atoms with Gasteiger partial charge in [-0.2, -0.15) is 5.10 Å². The highest BCUT2D eigenvalue weighted by Crippen LogP contribution is 2.26. The number of halogens is 1. The SMILES string of the molecule is CC(=O)NNC(=O)c1nn(-c2ccc(Cl)cc2)c2c1CCCCC2. The van der Waals surface area contributed by atoms with E-state index in [1.165, 1.54) is 6.92 Å². The normalized spacial score (nSPS) is 13.8. The fraction of sp³-hybridized carbons (Fsp3) is 0.353. The lowest BCUT2D eigenvalue weighted by atomic mass is 10.1. The summed E-state index contributed by atoms with van der Waals surface area (Å²) in [7, 11) is 0. The first kappa shape index (κ1) is 16.5. The standard InChI is InChI=1S/C17H19ClN4O2/c1-11(23)19-20-17(24)16-14-5-3-2-4-6-15(14)22(21-16)13-9-7-12(18)8-10-13/h7-10H,2-6H2,1H3,(H,19,23)(H,20,24). The number of hydrogen-bond acceptors (Lipinski definition) is 3. The Kier molecular flexibility index (Phi) is 4.85. The number of nitrogens with one attached hydrogen (secondary N) is 2. The van der Waals surface area contributed by atoms with E-state index in [1.54, 1.807) is 12.1 Å². The van der Waals surface area contributed by atoms with Crippen LogP contribution in [0.5, 0.6) is 0 Å². The molecule has 2 aromatic rings. The van der Waals surface area contributed by atoms with Gasteiger partial charge in [0.05, 0.1) is 5.69 Å². The minimum absolute atomic E-state index is 0.327. The van der Waals surface area contributed by atoms with Crippen LogP contribution in [0.2, 0.25) is 5.02 Å². The summed E-state index contributed by atoms with van der Waals surface area (Å²) < 4.78 is 1.82. The highest BCUT2D eigenvalue weighted by Gasteiger charge is 2.24. The first-order valence-electron chi connectivity index (χ1n) is 8.00. The summed E-state index contributed by atoms with van der Waals surface area (Å²) in [5, 5.41) is 5.17. The highest BCUT2D eigenvalue weighted by molar-refractivity contribution is 6.30. The number of aromatic nitrogens is 2. The first-order valence-corrected chi connectivity index (χ1v) is 8.37. The van der Waals surface area contributed by atoms with Crippen molar-refractivity contribution in [2.45, 2.75) is 39.0 Å². The van der Waals surface area contributed by atoms with Gasteiger partial charge < -0.3 is 0 Å². The molecule has 0 unspecified atom stereocenters. The number of carbonyl (C=O) groups excluding carboxylic acids is 2. The minimum Gasteiger partial charge on any atom is -0.274 e. The average Bonchev–Trinajstić information content (AvgIpc) is 2.75. The molecule has 2 amide bonds. The smallest absolute Gasteiger partial charge is 0.274 e. The van der Waals surface area contributed by atoms with E-state index in [0.717, 1.165) is 49.0 Å². The average molecular weight is 347 g/mol. The molecule has 6 nitrogen and oxygen atoms in total. The summed E-state index contributed by atoms with van der Waals surface area (Å²) in [6.45, 7) is 1.34. The molecular weight excluding hydrogens is 328 g/mol. The molecule has 3 rings (SSSR count). The summed E-state index contributed by atoms with van der Waals surface area (Å²) in [5.74, 6) is -0.720. The Morgan fingerprint density at radius 1 is 1.08 bits per heavy atom. The predicted octanol–water partition coefficient (Wildman–Crippen LogP) is 2.58. The van der Waals surface area contributed by atoms with Crippen molar-refractivity contribution >= 4 is 23.4 Å². The van der Waals surface area contributed by atoms with E-state index in [1.807, 2.05) is 16.8 Å². The molecule has 0 aliphatic heterocycles. The molecule has 0 spiro atoms. The maximum atomic E-state index is 12.4. The monoisotopic (exact) mass is 346 g/mol. The maximum absolute atomic E-state index is 12.4. The summed E-state index contributed by atoms with van der Waals surface area (Å²) in [4.78, 5) is 23.4. The zero-order chi connectivity index (χ0) is 17.1. The Hall–Kier alpha value is -2.34. The van der Waals surface area contributed by atoms with Crippen LogP contribution in [-0.4, -0.2) is 21.6 Å². The number of hydrogen-bond donors (Lipinski definition) is 2. The summed E-state index contributed by atoms with van der Waals surface area (Å²) >= 11 is 5.96. The van der Waals surface area contributed by atoms with Gasteiger partial charge in [-0.15, -0.1) is 0 Å². The lowest BCUT2D eigenvalue weighted by Crippen LogP contribution is -2.40. The van der Waals surface area contributed by atoms with Crippen LogP contribution in [0.25, 0.3) is 5.69 Å². The van der Waals surface area contributed by atoms with Crippen LogP contribution in [0.1, 0.15) is 47.9 Å². The molecule has 0 radical (unpaired) electrons. The molecule has 126 valence electrons. The van der Waals surface area contributed by atoms with E-state index in [2.05, 4.69) is 16.0 Å². The Bertz CT molecular complexity index is 768. The van der Waals surface area contributed by atoms with E-state index >= 15 is 0 Å². The molecule has 1 aliphatic carbocycles. The molecular formula is C17H19ClN4O2. The van der Waals surface area contributed by atoms with Gasteiger partial charge in [-0.1, -0.05) is 18.0 Å². The van der Waals surface area contributed by atoms with Crippen LogP contribution >= 0.6 is 11.6 Å². The fourth-order valence-electron chi connectivity index (χ4n) is 2.96. The molecule has 2 N–H and O–H groups in total. The predicted molar refractivity (Wildman–Crippen MR) is 91.1 cm³/mol. The Morgan fingerprint density at radius 2 is 1.79 bits per heavy atom. The van der Waals surface area contributed by atoms with Crippen molar-refractivity contribution in [3.05, 3.63) is 46.2 Å². The van der Waals surface area contributed by atoms with Crippen molar-refractivity contribution in [2.75, 3.05) is 0 Å². The van der Waals surface area contributed by atoms with Crippen molar-refractivity contribution in [1.29, 1.82) is 0 Å². The van der Waals surface area contributed by atoms with Crippen molar-refractivity contribution in [2.24, 2.45) is 0 Å². The van der Waals surface area contributed by atoms with Gasteiger partial charge in [-0.05, 0) is 49.9 Å². The van der Waals surface area contributed by atoms with Crippen LogP contribution in [0.15, 0.2) is 24.3 Å². The largest absolute Gasteiger partial charge is 0.290 e. The van der Waals surface area contributed by atoms with Gasteiger partial charge in [0.1, 0.15) is 0 Å². The lowest BCUT2D eigenvalue weighted by Gasteiger charge is -2.07. The first-order chi connectivity index (χ1) is 11.6. The zero-order valence-corrected chi connectivity index (χ0v) is 14.2. The molecule has 0 saturated heterocycles. The van der Waals surface area contributed by atoms with Gasteiger partial charge in [0.2, 0.25) is 5.91 Å². The summed E-state index contributed by atoms with van der Waals surface area (Å²) in [6.07, 6.45) is 4.91.